The normalized spacial score (nSPS) is 8.57. The van der Waals surface area contributed by atoms with E-state index in [4.69, 9.17) is 0 Å². The van der Waals surface area contributed by atoms with Gasteiger partial charge in [0.15, 0.2) is 24.1 Å². The molecule has 0 radical (unpaired) electrons. The Kier molecular flexibility index (Phi) is 3.94. The van der Waals surface area contributed by atoms with Crippen molar-refractivity contribution >= 4 is 12.6 Å². The van der Waals surface area contributed by atoms with Gasteiger partial charge in [-0.1, -0.05) is 0 Å². The lowest BCUT2D eigenvalue weighted by Gasteiger charge is -1.75. The van der Waals surface area contributed by atoms with E-state index in [0.29, 0.717) is 12.6 Å². The summed E-state index contributed by atoms with van der Waals surface area (Å²) in [5.41, 5.74) is 0. The summed E-state index contributed by atoms with van der Waals surface area (Å²) in [6.45, 7) is 0. The number of aldehydes is 2. The number of carbonyl (C=O) groups is 2. The molecule has 0 aromatic carbocycles. The molecule has 0 bridgehead atoms. The van der Waals surface area contributed by atoms with E-state index in [1.54, 1.807) is 12.5 Å². The minimum atomic E-state index is 0.178. The van der Waals surface area contributed by atoms with E-state index in [2.05, 4.69) is 8.83 Å². The monoisotopic (exact) mass is 192 g/mol. The van der Waals surface area contributed by atoms with Crippen molar-refractivity contribution in [3.63, 3.8) is 0 Å². The summed E-state index contributed by atoms with van der Waals surface area (Å²) >= 11 is 0. The van der Waals surface area contributed by atoms with Crippen LogP contribution in [0.2, 0.25) is 0 Å². The molecular weight excluding hydrogens is 184 g/mol. The number of hydrogen-bond acceptors (Lipinski definition) is 4. The molecule has 0 amide bonds. The molecule has 2 heterocycles. The Morgan fingerprint density at radius 3 is 1.64 bits per heavy atom. The summed E-state index contributed by atoms with van der Waals surface area (Å²) < 4.78 is 9.23. The van der Waals surface area contributed by atoms with Gasteiger partial charge in [-0.15, -0.1) is 0 Å². The maximum atomic E-state index is 9.93. The maximum Gasteiger partial charge on any atom is 0.185 e. The molecule has 14 heavy (non-hydrogen) atoms. The Morgan fingerprint density at radius 2 is 1.43 bits per heavy atom. The highest BCUT2D eigenvalue weighted by molar-refractivity contribution is 5.75. The second-order valence-corrected chi connectivity index (χ2v) is 2.27. The standard InChI is InChI=1S/C6H4O3.C4H4O/c7-3-5-1-2-6(4-8)9-5;1-2-4-5-3-1/h1-4H;1-4H. The highest BCUT2D eigenvalue weighted by Crippen LogP contribution is 2.01. The molecule has 0 aliphatic rings. The SMILES string of the molecule is O=Cc1ccc(C=O)o1.c1ccoc1. The molecule has 0 saturated heterocycles. The van der Waals surface area contributed by atoms with Gasteiger partial charge in [0.1, 0.15) is 0 Å². The molecule has 0 saturated carbocycles. The van der Waals surface area contributed by atoms with Crippen LogP contribution in [0.15, 0.2) is 45.6 Å². The average Bonchev–Trinajstić information content (AvgIpc) is 2.92. The van der Waals surface area contributed by atoms with E-state index in [-0.39, 0.29) is 11.5 Å². The first-order chi connectivity index (χ1) is 6.86. The van der Waals surface area contributed by atoms with Crippen molar-refractivity contribution in [2.45, 2.75) is 0 Å². The molecule has 0 aliphatic heterocycles. The van der Waals surface area contributed by atoms with Crippen molar-refractivity contribution in [2.75, 3.05) is 0 Å². The maximum absolute atomic E-state index is 9.93. The largest absolute Gasteiger partial charge is 0.473 e. The van der Waals surface area contributed by atoms with E-state index in [1.165, 1.54) is 12.1 Å². The van der Waals surface area contributed by atoms with Crippen molar-refractivity contribution in [3.05, 3.63) is 48.3 Å². The lowest BCUT2D eigenvalue weighted by Crippen LogP contribution is -1.70. The molecule has 0 aliphatic carbocycles. The number of carbonyl (C=O) groups excluding carboxylic acids is 2. The van der Waals surface area contributed by atoms with Gasteiger partial charge in [-0.25, -0.2) is 0 Å². The molecule has 0 atom stereocenters. The summed E-state index contributed by atoms with van der Waals surface area (Å²) in [6.07, 6.45) is 4.35. The number of rotatable bonds is 2. The van der Waals surface area contributed by atoms with Crippen LogP contribution in [0.4, 0.5) is 0 Å². The quantitative estimate of drug-likeness (QED) is 0.684. The van der Waals surface area contributed by atoms with Crippen LogP contribution in [0.25, 0.3) is 0 Å². The van der Waals surface area contributed by atoms with E-state index in [9.17, 15) is 9.59 Å². The molecule has 0 N–H and O–H groups in total. The van der Waals surface area contributed by atoms with Gasteiger partial charge in [0, 0.05) is 0 Å². The minimum Gasteiger partial charge on any atom is -0.473 e. The molecule has 2 aromatic heterocycles. The van der Waals surface area contributed by atoms with Crippen LogP contribution >= 0.6 is 0 Å². The van der Waals surface area contributed by atoms with Crippen LogP contribution < -0.4 is 0 Å². The zero-order chi connectivity index (χ0) is 10.2. The van der Waals surface area contributed by atoms with Crippen LogP contribution in [0.3, 0.4) is 0 Å². The van der Waals surface area contributed by atoms with Crippen LogP contribution in [0.5, 0.6) is 0 Å². The predicted octanol–water partition coefficient (Wildman–Crippen LogP) is 2.18. The molecule has 2 aromatic rings. The molecule has 0 spiro atoms. The van der Waals surface area contributed by atoms with Crippen LogP contribution in [0, 0.1) is 0 Å². The zero-order valence-corrected chi connectivity index (χ0v) is 7.25. The smallest absolute Gasteiger partial charge is 0.185 e. The fourth-order valence-electron chi connectivity index (χ4n) is 0.722. The average molecular weight is 192 g/mol. The first-order valence-corrected chi connectivity index (χ1v) is 3.84. The Hall–Kier alpha value is -2.10. The molecule has 4 nitrogen and oxygen atoms in total. The fraction of sp³-hybridized carbons (Fsp3) is 0. The Balaban J connectivity index is 0.000000165. The highest BCUT2D eigenvalue weighted by atomic mass is 16.4. The summed E-state index contributed by atoms with van der Waals surface area (Å²) in [5, 5.41) is 0. The van der Waals surface area contributed by atoms with Crippen LogP contribution in [-0.2, 0) is 0 Å². The van der Waals surface area contributed by atoms with Crippen molar-refractivity contribution in [1.82, 2.24) is 0 Å². The molecule has 2 rings (SSSR count). The van der Waals surface area contributed by atoms with Gasteiger partial charge in [0.2, 0.25) is 0 Å². The zero-order valence-electron chi connectivity index (χ0n) is 7.25. The van der Waals surface area contributed by atoms with E-state index >= 15 is 0 Å². The summed E-state index contributed by atoms with van der Waals surface area (Å²) in [6, 6.07) is 6.55. The molecule has 72 valence electrons. The predicted molar refractivity (Wildman–Crippen MR) is 48.2 cm³/mol. The third-order valence-corrected chi connectivity index (χ3v) is 1.31. The van der Waals surface area contributed by atoms with Gasteiger partial charge in [-0.3, -0.25) is 9.59 Å². The summed E-state index contributed by atoms with van der Waals surface area (Å²) in [5.74, 6) is 0.356. The van der Waals surface area contributed by atoms with Gasteiger partial charge in [0.25, 0.3) is 0 Å². The Labute approximate surface area is 80.1 Å². The van der Waals surface area contributed by atoms with Crippen LogP contribution in [0.1, 0.15) is 21.1 Å². The molecular formula is C10H8O4. The number of hydrogen-bond donors (Lipinski definition) is 0. The second-order valence-electron chi connectivity index (χ2n) is 2.27. The third kappa shape index (κ3) is 3.10. The lowest BCUT2D eigenvalue weighted by molar-refractivity contribution is 0.108. The molecule has 0 unspecified atom stereocenters. The van der Waals surface area contributed by atoms with Crippen molar-refractivity contribution < 1.29 is 18.4 Å². The van der Waals surface area contributed by atoms with Gasteiger partial charge in [-0.2, -0.15) is 0 Å². The van der Waals surface area contributed by atoms with Crippen molar-refractivity contribution in [3.8, 4) is 0 Å². The lowest BCUT2D eigenvalue weighted by atomic mass is 10.4. The van der Waals surface area contributed by atoms with E-state index < -0.39 is 0 Å². The van der Waals surface area contributed by atoms with Crippen LogP contribution in [-0.4, -0.2) is 12.6 Å². The molecule has 0 fully saturated rings. The van der Waals surface area contributed by atoms with Gasteiger partial charge in [0.05, 0.1) is 12.5 Å². The van der Waals surface area contributed by atoms with Gasteiger partial charge < -0.3 is 8.83 Å². The second kappa shape index (κ2) is 5.53. The summed E-state index contributed by atoms with van der Waals surface area (Å²) in [7, 11) is 0. The van der Waals surface area contributed by atoms with Crippen molar-refractivity contribution in [2.24, 2.45) is 0 Å². The minimum absolute atomic E-state index is 0.178. The fourth-order valence-corrected chi connectivity index (χ4v) is 0.722. The number of furan rings is 2. The van der Waals surface area contributed by atoms with Crippen molar-refractivity contribution in [1.29, 1.82) is 0 Å². The van der Waals surface area contributed by atoms with Gasteiger partial charge in [-0.05, 0) is 24.3 Å². The summed E-state index contributed by atoms with van der Waals surface area (Å²) in [4.78, 5) is 19.9. The van der Waals surface area contributed by atoms with Gasteiger partial charge >= 0.3 is 0 Å². The first kappa shape index (κ1) is 9.98. The topological polar surface area (TPSA) is 60.4 Å². The molecule has 4 heteroatoms. The first-order valence-electron chi connectivity index (χ1n) is 3.84. The van der Waals surface area contributed by atoms with E-state index in [1.807, 2.05) is 12.1 Å². The Bertz CT molecular complexity index is 333. The Morgan fingerprint density at radius 1 is 0.929 bits per heavy atom. The third-order valence-electron chi connectivity index (χ3n) is 1.31. The van der Waals surface area contributed by atoms with E-state index in [0.717, 1.165) is 0 Å². The highest BCUT2D eigenvalue weighted by Gasteiger charge is 1.96.